The third kappa shape index (κ3) is 3.83. The maximum absolute atomic E-state index is 11.9. The normalized spacial score (nSPS) is 10.4. The number of anilines is 1. The molecule has 1 amide bonds. The Balaban J connectivity index is 2.10. The van der Waals surface area contributed by atoms with E-state index >= 15 is 0 Å². The van der Waals surface area contributed by atoms with Crippen molar-refractivity contribution in [3.8, 4) is 0 Å². The van der Waals surface area contributed by atoms with E-state index in [2.05, 4.69) is 31.6 Å². The van der Waals surface area contributed by atoms with Crippen LogP contribution in [-0.4, -0.2) is 25.8 Å². The molecule has 10 heteroatoms. The van der Waals surface area contributed by atoms with Crippen molar-refractivity contribution in [2.24, 2.45) is 5.73 Å². The highest BCUT2D eigenvalue weighted by Crippen LogP contribution is 2.27. The van der Waals surface area contributed by atoms with Gasteiger partial charge in [-0.1, -0.05) is 21.1 Å². The molecule has 0 atom stereocenters. The molecule has 0 fully saturated rings. The van der Waals surface area contributed by atoms with Crippen LogP contribution in [0.5, 0.6) is 0 Å². The SMILES string of the molecule is NCc1cn(CC(=O)Nc2ccc(Br)cc2[N+](=O)[O-])nn1. The van der Waals surface area contributed by atoms with Crippen molar-refractivity contribution in [3.63, 3.8) is 0 Å². The largest absolute Gasteiger partial charge is 0.325 e. The van der Waals surface area contributed by atoms with Gasteiger partial charge in [-0.2, -0.15) is 0 Å². The summed E-state index contributed by atoms with van der Waals surface area (Å²) >= 11 is 3.14. The summed E-state index contributed by atoms with van der Waals surface area (Å²) in [6, 6.07) is 4.37. The molecule has 0 radical (unpaired) electrons. The van der Waals surface area contributed by atoms with Crippen molar-refractivity contribution in [2.75, 3.05) is 5.32 Å². The minimum absolute atomic E-state index is 0.111. The van der Waals surface area contributed by atoms with Gasteiger partial charge < -0.3 is 11.1 Å². The first-order valence-corrected chi connectivity index (χ1v) is 6.61. The van der Waals surface area contributed by atoms with Crippen LogP contribution in [0.2, 0.25) is 0 Å². The number of amides is 1. The number of nitro benzene ring substituents is 1. The van der Waals surface area contributed by atoms with Gasteiger partial charge in [0.15, 0.2) is 0 Å². The van der Waals surface area contributed by atoms with E-state index in [0.717, 1.165) is 0 Å². The number of aromatic nitrogens is 3. The summed E-state index contributed by atoms with van der Waals surface area (Å²) in [5.41, 5.74) is 5.86. The molecule has 0 aliphatic heterocycles. The number of hydrogen-bond donors (Lipinski definition) is 2. The van der Waals surface area contributed by atoms with Gasteiger partial charge in [-0.05, 0) is 12.1 Å². The first-order valence-electron chi connectivity index (χ1n) is 5.82. The summed E-state index contributed by atoms with van der Waals surface area (Å²) in [5.74, 6) is -0.450. The number of nitrogens with two attached hydrogens (primary N) is 1. The third-order valence-corrected chi connectivity index (χ3v) is 3.02. The Morgan fingerprint density at radius 2 is 2.29 bits per heavy atom. The van der Waals surface area contributed by atoms with E-state index in [-0.39, 0.29) is 24.5 Å². The fourth-order valence-corrected chi connectivity index (χ4v) is 1.96. The van der Waals surface area contributed by atoms with E-state index in [1.165, 1.54) is 23.0 Å². The van der Waals surface area contributed by atoms with Gasteiger partial charge in [0.25, 0.3) is 5.69 Å². The minimum atomic E-state index is -0.567. The third-order valence-electron chi connectivity index (χ3n) is 2.53. The van der Waals surface area contributed by atoms with Crippen LogP contribution in [0, 0.1) is 10.1 Å². The maximum atomic E-state index is 11.9. The van der Waals surface area contributed by atoms with Crippen LogP contribution in [0.25, 0.3) is 0 Å². The predicted molar refractivity (Wildman–Crippen MR) is 77.3 cm³/mol. The molecule has 0 aliphatic rings. The molecule has 1 aromatic carbocycles. The molecule has 3 N–H and O–H groups in total. The molecule has 1 heterocycles. The number of halogens is 1. The summed E-state index contributed by atoms with van der Waals surface area (Å²) in [6.07, 6.45) is 1.54. The first-order chi connectivity index (χ1) is 9.99. The highest BCUT2D eigenvalue weighted by molar-refractivity contribution is 9.10. The average Bonchev–Trinajstić information content (AvgIpc) is 2.88. The Labute approximate surface area is 127 Å². The number of rotatable bonds is 5. The van der Waals surface area contributed by atoms with Gasteiger partial charge >= 0.3 is 0 Å². The molecule has 1 aromatic heterocycles. The summed E-state index contributed by atoms with van der Waals surface area (Å²) in [6.45, 7) is 0.111. The molecule has 0 unspecified atom stereocenters. The zero-order chi connectivity index (χ0) is 15.4. The lowest BCUT2D eigenvalue weighted by molar-refractivity contribution is -0.384. The van der Waals surface area contributed by atoms with Gasteiger partial charge in [-0.3, -0.25) is 14.9 Å². The molecule has 9 nitrogen and oxygen atoms in total. The van der Waals surface area contributed by atoms with Crippen LogP contribution in [0.3, 0.4) is 0 Å². The summed E-state index contributed by atoms with van der Waals surface area (Å²) in [7, 11) is 0. The van der Waals surface area contributed by atoms with E-state index in [9.17, 15) is 14.9 Å². The summed E-state index contributed by atoms with van der Waals surface area (Å²) in [4.78, 5) is 22.3. The Bertz CT molecular complexity index is 686. The summed E-state index contributed by atoms with van der Waals surface area (Å²) < 4.78 is 1.86. The zero-order valence-electron chi connectivity index (χ0n) is 10.7. The monoisotopic (exact) mass is 354 g/mol. The van der Waals surface area contributed by atoms with Crippen LogP contribution >= 0.6 is 15.9 Å². The second kappa shape index (κ2) is 6.41. The van der Waals surface area contributed by atoms with Crippen LogP contribution in [0.15, 0.2) is 28.9 Å². The van der Waals surface area contributed by atoms with Crippen molar-refractivity contribution in [3.05, 3.63) is 44.7 Å². The fraction of sp³-hybridized carbons (Fsp3) is 0.182. The smallest absolute Gasteiger partial charge is 0.293 e. The van der Waals surface area contributed by atoms with E-state index < -0.39 is 10.8 Å². The van der Waals surface area contributed by atoms with Crippen molar-refractivity contribution in [2.45, 2.75) is 13.1 Å². The van der Waals surface area contributed by atoms with Crippen molar-refractivity contribution in [1.29, 1.82) is 0 Å². The molecule has 0 saturated heterocycles. The highest BCUT2D eigenvalue weighted by Gasteiger charge is 2.16. The van der Waals surface area contributed by atoms with Gasteiger partial charge in [0.05, 0.1) is 16.8 Å². The highest BCUT2D eigenvalue weighted by atomic mass is 79.9. The number of nitro groups is 1. The van der Waals surface area contributed by atoms with Gasteiger partial charge in [-0.25, -0.2) is 4.68 Å². The Hall–Kier alpha value is -2.33. The Morgan fingerprint density at radius 3 is 2.90 bits per heavy atom. The van der Waals surface area contributed by atoms with Gasteiger partial charge in [0.1, 0.15) is 12.2 Å². The Morgan fingerprint density at radius 1 is 1.52 bits per heavy atom. The standard InChI is InChI=1S/C11H11BrN6O3/c12-7-1-2-9(10(3-7)18(20)21)14-11(19)6-17-5-8(4-13)15-16-17/h1-3,5H,4,6,13H2,(H,14,19). The molecular weight excluding hydrogens is 344 g/mol. The van der Waals surface area contributed by atoms with E-state index in [4.69, 9.17) is 5.73 Å². The molecule has 2 rings (SSSR count). The molecule has 21 heavy (non-hydrogen) atoms. The number of nitrogens with one attached hydrogen (secondary N) is 1. The van der Waals surface area contributed by atoms with Crippen molar-refractivity contribution in [1.82, 2.24) is 15.0 Å². The lowest BCUT2D eigenvalue weighted by atomic mass is 10.2. The number of nitrogens with zero attached hydrogens (tertiary/aromatic N) is 4. The van der Waals surface area contributed by atoms with E-state index in [1.807, 2.05) is 0 Å². The quantitative estimate of drug-likeness (QED) is 0.609. The second-order valence-corrected chi connectivity index (χ2v) is 4.99. The second-order valence-electron chi connectivity index (χ2n) is 4.08. The summed E-state index contributed by atoms with van der Waals surface area (Å²) in [5, 5.41) is 20.9. The fourth-order valence-electron chi connectivity index (χ4n) is 1.61. The van der Waals surface area contributed by atoms with Gasteiger partial charge in [0.2, 0.25) is 5.91 Å². The number of hydrogen-bond acceptors (Lipinski definition) is 6. The average molecular weight is 355 g/mol. The molecule has 2 aromatic rings. The molecule has 0 spiro atoms. The van der Waals surface area contributed by atoms with Crippen LogP contribution in [-0.2, 0) is 17.9 Å². The molecular formula is C11H11BrN6O3. The number of benzene rings is 1. The number of carbonyl (C=O) groups is 1. The maximum Gasteiger partial charge on any atom is 0.293 e. The molecule has 0 bridgehead atoms. The van der Waals surface area contributed by atoms with Crippen LogP contribution < -0.4 is 11.1 Å². The molecule has 110 valence electrons. The molecule has 0 saturated carbocycles. The first kappa shape index (κ1) is 15.1. The lowest BCUT2D eigenvalue weighted by Crippen LogP contribution is -2.19. The lowest BCUT2D eigenvalue weighted by Gasteiger charge is -2.06. The van der Waals surface area contributed by atoms with Gasteiger partial charge in [-0.15, -0.1) is 5.10 Å². The van der Waals surface area contributed by atoms with Crippen LogP contribution in [0.1, 0.15) is 5.69 Å². The zero-order valence-corrected chi connectivity index (χ0v) is 12.3. The van der Waals surface area contributed by atoms with E-state index in [0.29, 0.717) is 10.2 Å². The minimum Gasteiger partial charge on any atom is -0.325 e. The molecule has 0 aliphatic carbocycles. The predicted octanol–water partition coefficient (Wildman–Crippen LogP) is 1.05. The van der Waals surface area contributed by atoms with Gasteiger partial charge in [0, 0.05) is 17.1 Å². The number of carbonyl (C=O) groups excluding carboxylic acids is 1. The van der Waals surface area contributed by atoms with Crippen molar-refractivity contribution < 1.29 is 9.72 Å². The topological polar surface area (TPSA) is 129 Å². The Kier molecular flexibility index (Phi) is 4.60. The van der Waals surface area contributed by atoms with E-state index in [1.54, 1.807) is 6.07 Å². The van der Waals surface area contributed by atoms with Crippen LogP contribution in [0.4, 0.5) is 11.4 Å². The van der Waals surface area contributed by atoms with Crippen molar-refractivity contribution >= 4 is 33.2 Å².